The number of nitrogens with zero attached hydrogens (tertiary/aromatic N) is 4. The number of aromatic nitrogens is 1. The number of carbonyl (C=O) groups is 2. The van der Waals surface area contributed by atoms with E-state index in [1.807, 2.05) is 17.0 Å². The zero-order valence-corrected chi connectivity index (χ0v) is 21.4. The van der Waals surface area contributed by atoms with Gasteiger partial charge in [0, 0.05) is 62.6 Å². The third kappa shape index (κ3) is 7.18. The molecule has 0 radical (unpaired) electrons. The second-order valence-corrected chi connectivity index (χ2v) is 9.48. The highest BCUT2D eigenvalue weighted by Crippen LogP contribution is 2.25. The molecule has 1 aliphatic heterocycles. The van der Waals surface area contributed by atoms with Gasteiger partial charge in [-0.25, -0.2) is 4.98 Å². The minimum Gasteiger partial charge on any atom is -0.392 e. The predicted molar refractivity (Wildman–Crippen MR) is 140 cm³/mol. The average Bonchev–Trinajstić information content (AvgIpc) is 2.85. The van der Waals surface area contributed by atoms with Crippen LogP contribution in [0.15, 0.2) is 42.6 Å². The second kappa shape index (κ2) is 12.5. The molecule has 190 valence electrons. The molecule has 0 spiro atoms. The van der Waals surface area contributed by atoms with Crippen molar-refractivity contribution in [3.63, 3.8) is 0 Å². The third-order valence-electron chi connectivity index (χ3n) is 6.03. The molecule has 8 heteroatoms. The molecule has 3 rings (SSSR count). The summed E-state index contributed by atoms with van der Waals surface area (Å²) in [4.78, 5) is 36.4. The summed E-state index contributed by atoms with van der Waals surface area (Å²) in [6, 6.07) is 11.1. The molecule has 35 heavy (non-hydrogen) atoms. The number of amides is 2. The number of carbonyl (C=O) groups excluding carboxylic acids is 2. The van der Waals surface area contributed by atoms with E-state index in [2.05, 4.69) is 36.0 Å². The van der Waals surface area contributed by atoms with E-state index < -0.39 is 6.10 Å². The number of hydrogen-bond donors (Lipinski definition) is 2. The zero-order valence-electron chi connectivity index (χ0n) is 21.4. The van der Waals surface area contributed by atoms with Crippen LogP contribution in [0.4, 0.5) is 11.5 Å². The van der Waals surface area contributed by atoms with E-state index in [0.717, 1.165) is 24.3 Å². The Kier molecular flexibility index (Phi) is 9.48. The number of hydrogen-bond acceptors (Lipinski definition) is 6. The normalized spacial score (nSPS) is 14.7. The van der Waals surface area contributed by atoms with Crippen LogP contribution in [0.25, 0.3) is 0 Å². The first-order chi connectivity index (χ1) is 16.8. The molecule has 1 aliphatic rings. The van der Waals surface area contributed by atoms with Gasteiger partial charge in [0.2, 0.25) is 0 Å². The van der Waals surface area contributed by atoms with E-state index in [9.17, 15) is 14.7 Å². The van der Waals surface area contributed by atoms with E-state index in [-0.39, 0.29) is 11.8 Å². The highest BCUT2D eigenvalue weighted by Gasteiger charge is 2.25. The number of aliphatic hydroxyl groups excluding tert-OH is 1. The molecule has 1 fully saturated rings. The van der Waals surface area contributed by atoms with E-state index in [1.165, 1.54) is 0 Å². The minimum atomic E-state index is -0.585. The molecule has 2 amide bonds. The van der Waals surface area contributed by atoms with Crippen LogP contribution in [-0.4, -0.2) is 83.1 Å². The summed E-state index contributed by atoms with van der Waals surface area (Å²) in [5.41, 5.74) is 2.11. The number of rotatable bonds is 10. The largest absolute Gasteiger partial charge is 0.392 e. The van der Waals surface area contributed by atoms with Gasteiger partial charge in [0.15, 0.2) is 5.82 Å². The van der Waals surface area contributed by atoms with Gasteiger partial charge in [0.05, 0.1) is 11.8 Å². The summed E-state index contributed by atoms with van der Waals surface area (Å²) >= 11 is 0. The van der Waals surface area contributed by atoms with Gasteiger partial charge in [-0.05, 0) is 63.6 Å². The number of anilines is 2. The smallest absolute Gasteiger partial charge is 0.253 e. The van der Waals surface area contributed by atoms with E-state index >= 15 is 0 Å². The van der Waals surface area contributed by atoms with Crippen LogP contribution in [0.5, 0.6) is 0 Å². The zero-order chi connectivity index (χ0) is 25.4. The first-order valence-corrected chi connectivity index (χ1v) is 12.6. The van der Waals surface area contributed by atoms with Crippen molar-refractivity contribution in [2.24, 2.45) is 0 Å². The fourth-order valence-electron chi connectivity index (χ4n) is 4.26. The van der Waals surface area contributed by atoms with Crippen molar-refractivity contribution < 1.29 is 14.7 Å². The number of pyridine rings is 1. The molecule has 0 saturated carbocycles. The van der Waals surface area contributed by atoms with Crippen molar-refractivity contribution in [3.8, 4) is 0 Å². The van der Waals surface area contributed by atoms with Crippen LogP contribution in [0, 0.1) is 0 Å². The highest BCUT2D eigenvalue weighted by atomic mass is 16.3. The van der Waals surface area contributed by atoms with Crippen molar-refractivity contribution in [2.45, 2.75) is 52.7 Å². The SMILES string of the molecule is CCCCN(CC(C)O)C(=O)c1ccc(C(=O)N2CCN(c3ncccc3NC(C)C)CC2)cc1. The van der Waals surface area contributed by atoms with Crippen LogP contribution in [-0.2, 0) is 0 Å². The Balaban J connectivity index is 1.62. The van der Waals surface area contributed by atoms with Crippen LogP contribution in [0.3, 0.4) is 0 Å². The quantitative estimate of drug-likeness (QED) is 0.540. The lowest BCUT2D eigenvalue weighted by Gasteiger charge is -2.36. The van der Waals surface area contributed by atoms with E-state index in [1.54, 1.807) is 42.3 Å². The molecule has 2 N–H and O–H groups in total. The van der Waals surface area contributed by atoms with E-state index in [4.69, 9.17) is 0 Å². The fraction of sp³-hybridized carbons (Fsp3) is 0.519. The Labute approximate surface area is 208 Å². The van der Waals surface area contributed by atoms with Gasteiger partial charge in [-0.2, -0.15) is 0 Å². The molecular formula is C27H39N5O3. The Hall–Kier alpha value is -3.13. The monoisotopic (exact) mass is 481 g/mol. The first kappa shape index (κ1) is 26.5. The average molecular weight is 482 g/mol. The minimum absolute atomic E-state index is 0.0305. The van der Waals surface area contributed by atoms with Crippen molar-refractivity contribution in [2.75, 3.05) is 49.5 Å². The number of benzene rings is 1. The van der Waals surface area contributed by atoms with Crippen LogP contribution in [0.2, 0.25) is 0 Å². The summed E-state index contributed by atoms with van der Waals surface area (Å²) in [6.07, 6.45) is 3.07. The molecule has 2 aromatic rings. The predicted octanol–water partition coefficient (Wildman–Crippen LogP) is 3.49. The molecule has 2 heterocycles. The number of aliphatic hydroxyl groups is 1. The lowest BCUT2D eigenvalue weighted by molar-refractivity contribution is 0.0644. The molecule has 0 bridgehead atoms. The van der Waals surface area contributed by atoms with Crippen molar-refractivity contribution >= 4 is 23.3 Å². The maximum atomic E-state index is 13.1. The Morgan fingerprint density at radius 3 is 2.31 bits per heavy atom. The Morgan fingerprint density at radius 2 is 1.71 bits per heavy atom. The van der Waals surface area contributed by atoms with Gasteiger partial charge in [-0.1, -0.05) is 13.3 Å². The lowest BCUT2D eigenvalue weighted by Crippen LogP contribution is -2.49. The number of nitrogens with one attached hydrogen (secondary N) is 1. The maximum Gasteiger partial charge on any atom is 0.253 e. The van der Waals surface area contributed by atoms with Gasteiger partial charge in [-0.3, -0.25) is 9.59 Å². The van der Waals surface area contributed by atoms with Crippen LogP contribution in [0.1, 0.15) is 61.3 Å². The molecule has 1 saturated heterocycles. The van der Waals surface area contributed by atoms with Crippen molar-refractivity contribution in [1.82, 2.24) is 14.8 Å². The summed E-state index contributed by atoms with van der Waals surface area (Å²) in [5, 5.41) is 13.2. The van der Waals surface area contributed by atoms with Crippen LogP contribution < -0.4 is 10.2 Å². The standard InChI is InChI=1S/C27H39N5O3/c1-5-6-14-32(19-21(4)33)27(35)23-11-9-22(10-12-23)26(34)31-17-15-30(16-18-31)25-24(29-20(2)3)8-7-13-28-25/h7-13,20-21,29,33H,5-6,14-19H2,1-4H3. The molecule has 8 nitrogen and oxygen atoms in total. The van der Waals surface area contributed by atoms with Crippen molar-refractivity contribution in [3.05, 3.63) is 53.7 Å². The summed E-state index contributed by atoms with van der Waals surface area (Å²) < 4.78 is 0. The van der Waals surface area contributed by atoms with Gasteiger partial charge < -0.3 is 25.1 Å². The lowest BCUT2D eigenvalue weighted by atomic mass is 10.1. The number of unbranched alkanes of at least 4 members (excludes halogenated alkanes) is 1. The van der Waals surface area contributed by atoms with E-state index in [0.29, 0.717) is 56.4 Å². The molecular weight excluding hydrogens is 442 g/mol. The molecule has 1 unspecified atom stereocenters. The topological polar surface area (TPSA) is 89.0 Å². The summed E-state index contributed by atoms with van der Waals surface area (Å²) in [7, 11) is 0. The van der Waals surface area contributed by atoms with Crippen molar-refractivity contribution in [1.29, 1.82) is 0 Å². The first-order valence-electron chi connectivity index (χ1n) is 12.6. The molecule has 0 aliphatic carbocycles. The number of piperazine rings is 1. The van der Waals surface area contributed by atoms with Gasteiger partial charge in [0.1, 0.15) is 0 Å². The molecule has 1 atom stereocenters. The van der Waals surface area contributed by atoms with Gasteiger partial charge in [-0.15, -0.1) is 0 Å². The van der Waals surface area contributed by atoms with Gasteiger partial charge >= 0.3 is 0 Å². The highest BCUT2D eigenvalue weighted by molar-refractivity contribution is 5.98. The molecule has 1 aromatic carbocycles. The maximum absolute atomic E-state index is 13.1. The Morgan fingerprint density at radius 1 is 1.06 bits per heavy atom. The van der Waals surface area contributed by atoms with Gasteiger partial charge in [0.25, 0.3) is 11.8 Å². The van der Waals surface area contributed by atoms with Crippen LogP contribution >= 0.6 is 0 Å². The summed E-state index contributed by atoms with van der Waals surface area (Å²) in [6.45, 7) is 11.5. The molecule has 1 aromatic heterocycles. The summed E-state index contributed by atoms with van der Waals surface area (Å²) in [5.74, 6) is 0.770. The Bertz CT molecular complexity index is 969. The third-order valence-corrected chi connectivity index (χ3v) is 6.03. The fourth-order valence-corrected chi connectivity index (χ4v) is 4.26. The second-order valence-electron chi connectivity index (χ2n) is 9.48.